The molecule has 0 aliphatic rings. The summed E-state index contributed by atoms with van der Waals surface area (Å²) in [6, 6.07) is 0. The van der Waals surface area contributed by atoms with Gasteiger partial charge in [-0.1, -0.05) is 0 Å². The summed E-state index contributed by atoms with van der Waals surface area (Å²) in [5.74, 6) is 0. The zero-order chi connectivity index (χ0) is 5.98. The van der Waals surface area contributed by atoms with Gasteiger partial charge in [-0.05, 0) is 0 Å². The lowest BCUT2D eigenvalue weighted by atomic mass is 11.0. The number of hydrogen-bond acceptors (Lipinski definition) is 3. The zero-order valence-electron chi connectivity index (χ0n) is 3.77. The molecule has 0 amide bonds. The Labute approximate surface area is 52.7 Å². The molecule has 44 valence electrons. The van der Waals surface area contributed by atoms with E-state index in [1.165, 1.54) is 17.5 Å². The minimum absolute atomic E-state index is 0.255. The van der Waals surface area contributed by atoms with E-state index in [4.69, 9.17) is 4.55 Å². The van der Waals surface area contributed by atoms with Crippen molar-refractivity contribution in [3.63, 3.8) is 0 Å². The van der Waals surface area contributed by atoms with Gasteiger partial charge in [0.05, 0.1) is 0 Å². The number of rotatable bonds is 1. The Hall–Kier alpha value is -0.260. The fourth-order valence-electron chi connectivity index (χ4n) is 0.297. The van der Waals surface area contributed by atoms with Crippen LogP contribution in [0.15, 0.2) is 15.9 Å². The van der Waals surface area contributed by atoms with Crippen molar-refractivity contribution >= 4 is 22.4 Å². The Balaban J connectivity index is 2.93. The monoisotopic (exact) mass is 149 g/mol. The fourth-order valence-corrected chi connectivity index (χ4v) is 1.30. The lowest BCUT2D eigenvalue weighted by molar-refractivity contribution is 0.563. The third-order valence-corrected chi connectivity index (χ3v) is 2.24. The van der Waals surface area contributed by atoms with Gasteiger partial charge < -0.3 is 4.55 Å². The second kappa shape index (κ2) is 2.34. The van der Waals surface area contributed by atoms with Gasteiger partial charge in [0.2, 0.25) is 15.4 Å². The molecule has 1 aromatic heterocycles. The van der Waals surface area contributed by atoms with E-state index in [9.17, 15) is 4.21 Å². The molecule has 8 heavy (non-hydrogen) atoms. The van der Waals surface area contributed by atoms with Crippen LogP contribution in [0.5, 0.6) is 0 Å². The van der Waals surface area contributed by atoms with Crippen LogP contribution in [0, 0.1) is 0 Å². The van der Waals surface area contributed by atoms with Gasteiger partial charge in [-0.25, -0.2) is 9.19 Å². The first-order valence-corrected chi connectivity index (χ1v) is 3.79. The summed E-state index contributed by atoms with van der Waals surface area (Å²) in [5.41, 5.74) is 0. The Morgan fingerprint density at radius 3 is 2.88 bits per heavy atom. The number of hydrogen-bond donors (Lipinski definition) is 1. The van der Waals surface area contributed by atoms with Gasteiger partial charge >= 0.3 is 0 Å². The van der Waals surface area contributed by atoms with Crippen molar-refractivity contribution in [3.8, 4) is 0 Å². The van der Waals surface area contributed by atoms with Crippen LogP contribution < -0.4 is 0 Å². The SMILES string of the molecule is O=S(O)c1nccs1. The van der Waals surface area contributed by atoms with E-state index in [1.807, 2.05) is 0 Å². The topological polar surface area (TPSA) is 50.2 Å². The second-order valence-electron chi connectivity index (χ2n) is 1.05. The summed E-state index contributed by atoms with van der Waals surface area (Å²) >= 11 is -0.721. The third-order valence-electron chi connectivity index (χ3n) is 0.559. The molecule has 0 aromatic carbocycles. The quantitative estimate of drug-likeness (QED) is 0.599. The summed E-state index contributed by atoms with van der Waals surface area (Å²) in [6.07, 6.45) is 1.49. The van der Waals surface area contributed by atoms with Crippen LogP contribution in [0.3, 0.4) is 0 Å². The number of nitrogens with zero attached hydrogens (tertiary/aromatic N) is 1. The van der Waals surface area contributed by atoms with E-state index in [2.05, 4.69) is 4.98 Å². The second-order valence-corrected chi connectivity index (χ2v) is 3.09. The number of thiazole rings is 1. The maximum absolute atomic E-state index is 10.1. The molecule has 0 saturated carbocycles. The van der Waals surface area contributed by atoms with Gasteiger partial charge in [0, 0.05) is 11.6 Å². The molecule has 0 bridgehead atoms. The summed E-state index contributed by atoms with van der Waals surface area (Å²) in [4.78, 5) is 3.58. The molecule has 1 rings (SSSR count). The van der Waals surface area contributed by atoms with Crippen LogP contribution in [0.2, 0.25) is 0 Å². The smallest absolute Gasteiger partial charge is 0.216 e. The van der Waals surface area contributed by atoms with Crippen LogP contribution in [-0.2, 0) is 11.1 Å². The molecule has 0 radical (unpaired) electrons. The molecule has 0 spiro atoms. The van der Waals surface area contributed by atoms with Crippen LogP contribution in [0.1, 0.15) is 0 Å². The summed E-state index contributed by atoms with van der Waals surface area (Å²) in [5, 5.41) is 1.66. The fraction of sp³-hybridized carbons (Fsp3) is 0. The molecule has 0 fully saturated rings. The standard InChI is InChI=1S/C3H3NO2S2/c5-8(6)3-4-1-2-7-3/h1-2H,(H,5,6). The lowest BCUT2D eigenvalue weighted by Gasteiger charge is -1.78. The van der Waals surface area contributed by atoms with Crippen molar-refractivity contribution in [2.75, 3.05) is 0 Å². The normalized spacial score (nSPS) is 13.6. The number of aromatic nitrogens is 1. The molecule has 1 N–H and O–H groups in total. The molecule has 5 heteroatoms. The largest absolute Gasteiger partial charge is 0.300 e. The van der Waals surface area contributed by atoms with E-state index in [1.54, 1.807) is 5.38 Å². The molecule has 0 aliphatic heterocycles. The van der Waals surface area contributed by atoms with Crippen molar-refractivity contribution in [2.24, 2.45) is 0 Å². The first-order chi connectivity index (χ1) is 3.80. The molecular formula is C3H3NO2S2. The van der Waals surface area contributed by atoms with Crippen molar-refractivity contribution in [1.29, 1.82) is 0 Å². The van der Waals surface area contributed by atoms with Crippen molar-refractivity contribution in [2.45, 2.75) is 4.34 Å². The van der Waals surface area contributed by atoms with Crippen molar-refractivity contribution < 1.29 is 8.76 Å². The summed E-state index contributed by atoms with van der Waals surface area (Å²) in [7, 11) is 0. The predicted octanol–water partition coefficient (Wildman–Crippen LogP) is 0.724. The average molecular weight is 149 g/mol. The molecule has 1 heterocycles. The van der Waals surface area contributed by atoms with Crippen molar-refractivity contribution in [3.05, 3.63) is 11.6 Å². The molecule has 3 nitrogen and oxygen atoms in total. The molecule has 0 saturated heterocycles. The molecule has 1 atom stereocenters. The Kier molecular flexibility index (Phi) is 1.72. The van der Waals surface area contributed by atoms with Gasteiger partial charge in [-0.3, -0.25) is 0 Å². The maximum Gasteiger partial charge on any atom is 0.216 e. The van der Waals surface area contributed by atoms with Gasteiger partial charge in [-0.2, -0.15) is 0 Å². The molecule has 1 unspecified atom stereocenters. The maximum atomic E-state index is 10.1. The third kappa shape index (κ3) is 1.12. The van der Waals surface area contributed by atoms with E-state index < -0.39 is 11.1 Å². The highest BCUT2D eigenvalue weighted by Crippen LogP contribution is 2.06. The van der Waals surface area contributed by atoms with E-state index in [0.717, 1.165) is 0 Å². The van der Waals surface area contributed by atoms with Gasteiger partial charge in [-0.15, -0.1) is 11.3 Å². The van der Waals surface area contributed by atoms with E-state index in [-0.39, 0.29) is 4.34 Å². The van der Waals surface area contributed by atoms with Gasteiger partial charge in [0.25, 0.3) is 0 Å². The van der Waals surface area contributed by atoms with Crippen LogP contribution in [0.4, 0.5) is 0 Å². The van der Waals surface area contributed by atoms with Crippen LogP contribution >= 0.6 is 11.3 Å². The Morgan fingerprint density at radius 1 is 1.88 bits per heavy atom. The van der Waals surface area contributed by atoms with E-state index in [0.29, 0.717) is 0 Å². The minimum Gasteiger partial charge on any atom is -0.300 e. The minimum atomic E-state index is -1.89. The molecule has 0 aliphatic carbocycles. The van der Waals surface area contributed by atoms with Crippen LogP contribution in [0.25, 0.3) is 0 Å². The highest BCUT2D eigenvalue weighted by Gasteiger charge is 1.98. The zero-order valence-corrected chi connectivity index (χ0v) is 5.41. The highest BCUT2D eigenvalue weighted by molar-refractivity contribution is 7.81. The average Bonchev–Trinajstić information content (AvgIpc) is 2.12. The molecule has 1 aromatic rings. The summed E-state index contributed by atoms with van der Waals surface area (Å²) in [6.45, 7) is 0. The van der Waals surface area contributed by atoms with Crippen molar-refractivity contribution in [1.82, 2.24) is 4.98 Å². The van der Waals surface area contributed by atoms with E-state index >= 15 is 0 Å². The lowest BCUT2D eigenvalue weighted by Crippen LogP contribution is -1.83. The Morgan fingerprint density at radius 2 is 2.62 bits per heavy atom. The van der Waals surface area contributed by atoms with Crippen LogP contribution in [-0.4, -0.2) is 13.7 Å². The van der Waals surface area contributed by atoms with Gasteiger partial charge in [0.1, 0.15) is 0 Å². The highest BCUT2D eigenvalue weighted by atomic mass is 32.2. The van der Waals surface area contributed by atoms with Gasteiger partial charge in [0.15, 0.2) is 0 Å². The first kappa shape index (κ1) is 5.87. The summed E-state index contributed by atoms with van der Waals surface area (Å²) < 4.78 is 18.7. The predicted molar refractivity (Wildman–Crippen MR) is 31.2 cm³/mol. The Bertz CT molecular complexity index is 183. The first-order valence-electron chi connectivity index (χ1n) is 1.81. The molecular weight excluding hydrogens is 146 g/mol.